The molecule has 23 heavy (non-hydrogen) atoms. The first kappa shape index (κ1) is 20.6. The first-order valence-electron chi connectivity index (χ1n) is 7.71. The quantitative estimate of drug-likeness (QED) is 0.651. The lowest BCUT2D eigenvalue weighted by atomic mass is 10.1. The molecule has 1 N–H and O–H groups in total. The lowest BCUT2D eigenvalue weighted by molar-refractivity contribution is -0.133. The Balaban J connectivity index is 2.09. The standard InChI is InChI=1S/C14H25F3N2O2S2/c1-13(2,3)23(20,21)10-8-6-4-5-7-9-11-18-19-12(22-11)14(15,16)17/h12,19H,4-10H2,1-3H3. The third kappa shape index (κ3) is 6.91. The van der Waals surface area contributed by atoms with E-state index >= 15 is 0 Å². The predicted octanol–water partition coefficient (Wildman–Crippen LogP) is 4.08. The SMILES string of the molecule is CC(C)(C)S(=O)(=O)CCCCCCCC1=NNC(C(F)(F)F)S1. The second kappa shape index (κ2) is 8.09. The number of rotatable bonds is 8. The molecule has 0 radical (unpaired) electrons. The smallest absolute Gasteiger partial charge is 0.287 e. The predicted molar refractivity (Wildman–Crippen MR) is 89.2 cm³/mol. The lowest BCUT2D eigenvalue weighted by Crippen LogP contribution is -2.33. The van der Waals surface area contributed by atoms with Gasteiger partial charge < -0.3 is 0 Å². The van der Waals surface area contributed by atoms with E-state index in [-0.39, 0.29) is 5.75 Å². The van der Waals surface area contributed by atoms with E-state index < -0.39 is 26.1 Å². The Morgan fingerprint density at radius 3 is 2.17 bits per heavy atom. The second-order valence-corrected chi connectivity index (χ2v) is 10.7. The fourth-order valence-electron chi connectivity index (χ4n) is 1.98. The van der Waals surface area contributed by atoms with Crippen molar-refractivity contribution in [2.45, 2.75) is 75.6 Å². The highest BCUT2D eigenvalue weighted by atomic mass is 32.2. The Hall–Kier alpha value is -0.440. The average molecular weight is 374 g/mol. The van der Waals surface area contributed by atoms with E-state index in [1.165, 1.54) is 0 Å². The van der Waals surface area contributed by atoms with E-state index in [9.17, 15) is 21.6 Å². The molecule has 0 bridgehead atoms. The zero-order valence-electron chi connectivity index (χ0n) is 13.7. The first-order valence-corrected chi connectivity index (χ1v) is 10.2. The van der Waals surface area contributed by atoms with Crippen molar-refractivity contribution in [1.29, 1.82) is 0 Å². The number of halogens is 3. The van der Waals surface area contributed by atoms with Gasteiger partial charge in [-0.05, 0) is 40.0 Å². The minimum atomic E-state index is -4.28. The second-order valence-electron chi connectivity index (χ2n) is 6.62. The van der Waals surface area contributed by atoms with Crippen molar-refractivity contribution in [3.63, 3.8) is 0 Å². The molecule has 1 rings (SSSR count). The van der Waals surface area contributed by atoms with E-state index in [0.29, 0.717) is 17.9 Å². The maximum absolute atomic E-state index is 12.4. The van der Waals surface area contributed by atoms with Crippen LogP contribution in [0.15, 0.2) is 5.10 Å². The molecule has 1 aliphatic heterocycles. The lowest BCUT2D eigenvalue weighted by Gasteiger charge is -2.18. The first-order chi connectivity index (χ1) is 10.4. The van der Waals surface area contributed by atoms with Gasteiger partial charge in [-0.1, -0.05) is 31.0 Å². The van der Waals surface area contributed by atoms with Crippen LogP contribution in [-0.2, 0) is 9.84 Å². The molecule has 0 saturated carbocycles. The molecule has 9 heteroatoms. The normalized spacial score (nSPS) is 19.6. The summed E-state index contributed by atoms with van der Waals surface area (Å²) in [5.41, 5.74) is 2.10. The van der Waals surface area contributed by atoms with Gasteiger partial charge in [-0.2, -0.15) is 18.3 Å². The molecule has 136 valence electrons. The van der Waals surface area contributed by atoms with Crippen LogP contribution >= 0.6 is 11.8 Å². The molecule has 1 heterocycles. The molecule has 4 nitrogen and oxygen atoms in total. The highest BCUT2D eigenvalue weighted by Gasteiger charge is 2.43. The van der Waals surface area contributed by atoms with Crippen molar-refractivity contribution in [2.75, 3.05) is 5.75 Å². The van der Waals surface area contributed by atoms with Crippen LogP contribution < -0.4 is 5.43 Å². The Morgan fingerprint density at radius 1 is 1.09 bits per heavy atom. The molecule has 1 atom stereocenters. The van der Waals surface area contributed by atoms with Gasteiger partial charge in [0.15, 0.2) is 15.2 Å². The number of hydrazone groups is 1. The molecule has 0 saturated heterocycles. The number of hydrogen-bond donors (Lipinski definition) is 1. The zero-order valence-corrected chi connectivity index (χ0v) is 15.4. The molecule has 0 fully saturated rings. The Morgan fingerprint density at radius 2 is 1.65 bits per heavy atom. The van der Waals surface area contributed by atoms with Crippen molar-refractivity contribution >= 4 is 26.6 Å². The number of thioether (sulfide) groups is 1. The van der Waals surface area contributed by atoms with Gasteiger partial charge in [0, 0.05) is 0 Å². The highest BCUT2D eigenvalue weighted by molar-refractivity contribution is 8.14. The molecule has 0 aliphatic carbocycles. The van der Waals surface area contributed by atoms with Crippen LogP contribution in [0.3, 0.4) is 0 Å². The van der Waals surface area contributed by atoms with Crippen molar-refractivity contribution < 1.29 is 21.6 Å². The summed E-state index contributed by atoms with van der Waals surface area (Å²) >= 11 is 0.727. The fourth-order valence-corrected chi connectivity index (χ4v) is 4.05. The largest absolute Gasteiger partial charge is 0.419 e. The summed E-state index contributed by atoms with van der Waals surface area (Å²) in [6.07, 6.45) is 0.216. The Bertz CT molecular complexity index is 511. The number of alkyl halides is 3. The van der Waals surface area contributed by atoms with Crippen LogP contribution in [0.25, 0.3) is 0 Å². The van der Waals surface area contributed by atoms with E-state index in [0.717, 1.165) is 37.4 Å². The number of hydrogen-bond acceptors (Lipinski definition) is 5. The summed E-state index contributed by atoms with van der Waals surface area (Å²) in [5.74, 6) is 0.191. The maximum atomic E-state index is 12.4. The van der Waals surface area contributed by atoms with Crippen molar-refractivity contribution in [1.82, 2.24) is 5.43 Å². The molecule has 0 aromatic carbocycles. The molecule has 0 aromatic rings. The third-order valence-corrected chi connectivity index (χ3v) is 7.46. The van der Waals surface area contributed by atoms with Gasteiger partial charge in [0.25, 0.3) is 0 Å². The zero-order chi connectivity index (χ0) is 17.7. The van der Waals surface area contributed by atoms with Crippen LogP contribution in [0.2, 0.25) is 0 Å². The van der Waals surface area contributed by atoms with E-state index in [1.54, 1.807) is 20.8 Å². The maximum Gasteiger partial charge on any atom is 0.419 e. The van der Waals surface area contributed by atoms with Gasteiger partial charge in [-0.3, -0.25) is 5.43 Å². The summed E-state index contributed by atoms with van der Waals surface area (Å²) < 4.78 is 60.4. The van der Waals surface area contributed by atoms with Crippen LogP contribution in [0.4, 0.5) is 13.2 Å². The summed E-state index contributed by atoms with van der Waals surface area (Å²) in [7, 11) is -3.06. The monoisotopic (exact) mass is 374 g/mol. The van der Waals surface area contributed by atoms with E-state index in [4.69, 9.17) is 0 Å². The van der Waals surface area contributed by atoms with Crippen LogP contribution in [0.5, 0.6) is 0 Å². The van der Waals surface area contributed by atoms with E-state index in [2.05, 4.69) is 10.5 Å². The Kier molecular flexibility index (Phi) is 7.25. The van der Waals surface area contributed by atoms with Crippen molar-refractivity contribution in [3.05, 3.63) is 0 Å². The number of nitrogens with zero attached hydrogens (tertiary/aromatic N) is 1. The summed E-state index contributed by atoms with van der Waals surface area (Å²) in [6, 6.07) is 0. The molecule has 0 aromatic heterocycles. The molecule has 1 aliphatic rings. The van der Waals surface area contributed by atoms with Gasteiger partial charge in [0.1, 0.15) is 0 Å². The summed E-state index contributed by atoms with van der Waals surface area (Å²) in [4.78, 5) is 0. The van der Waals surface area contributed by atoms with Crippen LogP contribution in [0, 0.1) is 0 Å². The van der Waals surface area contributed by atoms with Gasteiger partial charge in [0.2, 0.25) is 0 Å². The molecular formula is C14H25F3N2O2S2. The molecule has 1 unspecified atom stereocenters. The molecule has 0 amide bonds. The number of nitrogens with one attached hydrogen (secondary N) is 1. The average Bonchev–Trinajstić information content (AvgIpc) is 2.84. The molecule has 0 spiro atoms. The van der Waals surface area contributed by atoms with Crippen LogP contribution in [-0.4, -0.2) is 35.5 Å². The number of sulfone groups is 1. The number of unbranched alkanes of at least 4 members (excludes halogenated alkanes) is 4. The van der Waals surface area contributed by atoms with Crippen LogP contribution in [0.1, 0.15) is 59.3 Å². The molecular weight excluding hydrogens is 349 g/mol. The van der Waals surface area contributed by atoms with Crippen molar-refractivity contribution in [2.24, 2.45) is 5.10 Å². The van der Waals surface area contributed by atoms with Gasteiger partial charge in [-0.25, -0.2) is 8.42 Å². The summed E-state index contributed by atoms with van der Waals surface area (Å²) in [5, 5.41) is 2.57. The van der Waals surface area contributed by atoms with Gasteiger partial charge >= 0.3 is 6.18 Å². The minimum Gasteiger partial charge on any atom is -0.287 e. The van der Waals surface area contributed by atoms with E-state index in [1.807, 2.05) is 0 Å². The Labute approximate surface area is 140 Å². The third-order valence-electron chi connectivity index (χ3n) is 3.59. The minimum absolute atomic E-state index is 0.191. The fraction of sp³-hybridized carbons (Fsp3) is 0.929. The van der Waals surface area contributed by atoms with Gasteiger partial charge in [-0.15, -0.1) is 0 Å². The van der Waals surface area contributed by atoms with Crippen molar-refractivity contribution in [3.8, 4) is 0 Å². The van der Waals surface area contributed by atoms with Gasteiger partial charge in [0.05, 0.1) is 15.5 Å². The topological polar surface area (TPSA) is 58.5 Å². The highest BCUT2D eigenvalue weighted by Crippen LogP contribution is 2.33. The summed E-state index contributed by atoms with van der Waals surface area (Å²) in [6.45, 7) is 5.10.